The molecule has 0 aromatic rings. The van der Waals surface area contributed by atoms with Crippen LogP contribution in [0, 0.1) is 0 Å². The summed E-state index contributed by atoms with van der Waals surface area (Å²) in [5, 5.41) is 8.80. The monoisotopic (exact) mass is 232 g/mol. The van der Waals surface area contributed by atoms with Gasteiger partial charge in [0.25, 0.3) is 0 Å². The first-order valence-corrected chi connectivity index (χ1v) is 5.23. The Bertz CT molecular complexity index is 248. The molecule has 0 aliphatic rings. The Balaban J connectivity index is 4.01. The molecule has 1 atom stereocenters. The summed E-state index contributed by atoms with van der Waals surface area (Å²) in [6.45, 7) is 7.05. The number of aliphatic carboxylic acids is 1. The first kappa shape index (κ1) is 14.7. The van der Waals surface area contributed by atoms with Gasteiger partial charge < -0.3 is 9.84 Å². The van der Waals surface area contributed by atoms with E-state index in [-0.39, 0.29) is 0 Å². The highest BCUT2D eigenvalue weighted by Gasteiger charge is 2.19. The first-order chi connectivity index (χ1) is 7.26. The number of carbonyl (C=O) groups excluding carboxylic acids is 1. The number of rotatable bonds is 5. The van der Waals surface area contributed by atoms with Crippen molar-refractivity contribution in [3.05, 3.63) is 0 Å². The van der Waals surface area contributed by atoms with Crippen LogP contribution < -0.4 is 10.9 Å². The zero-order valence-corrected chi connectivity index (χ0v) is 10.2. The number of amides is 1. The van der Waals surface area contributed by atoms with Crippen molar-refractivity contribution < 1.29 is 19.4 Å². The topological polar surface area (TPSA) is 87.7 Å². The molecule has 6 nitrogen and oxygen atoms in total. The highest BCUT2D eigenvalue weighted by Crippen LogP contribution is 2.06. The second-order valence-corrected chi connectivity index (χ2v) is 4.45. The summed E-state index contributed by atoms with van der Waals surface area (Å²) < 4.78 is 4.94. The molecule has 0 bridgehead atoms. The molecule has 0 unspecified atom stereocenters. The second-order valence-electron chi connectivity index (χ2n) is 4.45. The van der Waals surface area contributed by atoms with Crippen molar-refractivity contribution in [1.29, 1.82) is 0 Å². The maximum atomic E-state index is 11.2. The van der Waals surface area contributed by atoms with Crippen molar-refractivity contribution in [3.63, 3.8) is 0 Å². The Hall–Kier alpha value is -1.30. The molecule has 3 N–H and O–H groups in total. The van der Waals surface area contributed by atoms with Crippen LogP contribution in [0.1, 0.15) is 40.5 Å². The van der Waals surface area contributed by atoms with Crippen LogP contribution in [0.15, 0.2) is 0 Å². The van der Waals surface area contributed by atoms with Gasteiger partial charge in [0.05, 0.1) is 0 Å². The Labute approximate surface area is 95.3 Å². The third-order valence-electron chi connectivity index (χ3n) is 1.62. The molecule has 0 spiro atoms. The number of nitrogens with one attached hydrogen (secondary N) is 2. The van der Waals surface area contributed by atoms with Crippen molar-refractivity contribution in [2.24, 2.45) is 0 Å². The summed E-state index contributed by atoms with van der Waals surface area (Å²) in [7, 11) is 0. The molecule has 0 saturated carbocycles. The molecule has 1 amide bonds. The fourth-order valence-electron chi connectivity index (χ4n) is 0.996. The largest absolute Gasteiger partial charge is 0.480 e. The minimum absolute atomic E-state index is 0.436. The smallest absolute Gasteiger partial charge is 0.422 e. The minimum atomic E-state index is -1.00. The lowest BCUT2D eigenvalue weighted by Gasteiger charge is -2.21. The van der Waals surface area contributed by atoms with E-state index in [1.165, 1.54) is 0 Å². The van der Waals surface area contributed by atoms with E-state index in [1.54, 1.807) is 20.8 Å². The SMILES string of the molecule is CCC[C@H](NNC(=O)OC(C)(C)C)C(=O)O. The van der Waals surface area contributed by atoms with Crippen LogP contribution in [0.5, 0.6) is 0 Å². The molecule has 0 aliphatic carbocycles. The van der Waals surface area contributed by atoms with E-state index in [2.05, 4.69) is 10.9 Å². The standard InChI is InChI=1S/C10H20N2O4/c1-5-6-7(8(13)14)11-12-9(15)16-10(2,3)4/h7,11H,5-6H2,1-4H3,(H,12,15)(H,13,14)/t7-/m0/s1. The van der Waals surface area contributed by atoms with Gasteiger partial charge in [0, 0.05) is 0 Å². The third-order valence-corrected chi connectivity index (χ3v) is 1.62. The summed E-state index contributed by atoms with van der Waals surface area (Å²) in [4.78, 5) is 21.9. The molecule has 0 aliphatic heterocycles. The van der Waals surface area contributed by atoms with E-state index in [4.69, 9.17) is 9.84 Å². The van der Waals surface area contributed by atoms with Gasteiger partial charge >= 0.3 is 12.1 Å². The van der Waals surface area contributed by atoms with Crippen molar-refractivity contribution in [2.75, 3.05) is 0 Å². The maximum absolute atomic E-state index is 11.2. The fraction of sp³-hybridized carbons (Fsp3) is 0.800. The van der Waals surface area contributed by atoms with Gasteiger partial charge in [-0.2, -0.15) is 0 Å². The van der Waals surface area contributed by atoms with Gasteiger partial charge in [-0.3, -0.25) is 10.2 Å². The number of carboxylic acid groups (broad SMARTS) is 1. The van der Waals surface area contributed by atoms with Gasteiger partial charge in [0.1, 0.15) is 11.6 Å². The van der Waals surface area contributed by atoms with Crippen molar-refractivity contribution in [1.82, 2.24) is 10.9 Å². The van der Waals surface area contributed by atoms with Crippen molar-refractivity contribution in [3.8, 4) is 0 Å². The van der Waals surface area contributed by atoms with Crippen LogP contribution in [0.25, 0.3) is 0 Å². The molecule has 94 valence electrons. The Kier molecular flexibility index (Phi) is 5.81. The van der Waals surface area contributed by atoms with Crippen molar-refractivity contribution >= 4 is 12.1 Å². The summed E-state index contributed by atoms with van der Waals surface area (Å²) in [6.07, 6.45) is 0.459. The normalized spacial score (nSPS) is 13.0. The molecular formula is C10H20N2O4. The molecule has 0 radical (unpaired) electrons. The lowest BCUT2D eigenvalue weighted by atomic mass is 10.2. The van der Waals surface area contributed by atoms with Crippen LogP contribution in [0.2, 0.25) is 0 Å². The van der Waals surface area contributed by atoms with E-state index in [1.807, 2.05) is 6.92 Å². The highest BCUT2D eigenvalue weighted by atomic mass is 16.6. The molecule has 16 heavy (non-hydrogen) atoms. The van der Waals surface area contributed by atoms with Gasteiger partial charge in [0.15, 0.2) is 0 Å². The molecule has 0 rings (SSSR count). The van der Waals surface area contributed by atoms with Crippen LogP contribution in [0.3, 0.4) is 0 Å². The number of ether oxygens (including phenoxy) is 1. The predicted molar refractivity (Wildman–Crippen MR) is 58.8 cm³/mol. The minimum Gasteiger partial charge on any atom is -0.480 e. The van der Waals surface area contributed by atoms with Gasteiger partial charge in [-0.15, -0.1) is 0 Å². The van der Waals surface area contributed by atoms with Crippen molar-refractivity contribution in [2.45, 2.75) is 52.2 Å². The van der Waals surface area contributed by atoms with Crippen LogP contribution in [-0.4, -0.2) is 28.8 Å². The van der Waals surface area contributed by atoms with E-state index < -0.39 is 23.7 Å². The molecular weight excluding hydrogens is 212 g/mol. The van der Waals surface area contributed by atoms with Gasteiger partial charge in [0.2, 0.25) is 0 Å². The molecule has 0 heterocycles. The van der Waals surface area contributed by atoms with Gasteiger partial charge in [-0.25, -0.2) is 10.2 Å². The number of hydrogen-bond donors (Lipinski definition) is 3. The van der Waals surface area contributed by atoms with Crippen LogP contribution in [-0.2, 0) is 9.53 Å². The van der Waals surface area contributed by atoms with Gasteiger partial charge in [-0.05, 0) is 27.2 Å². The zero-order valence-electron chi connectivity index (χ0n) is 10.2. The lowest BCUT2D eigenvalue weighted by molar-refractivity contribution is -0.139. The van der Waals surface area contributed by atoms with Crippen LogP contribution >= 0.6 is 0 Å². The third kappa shape index (κ3) is 7.05. The summed E-state index contributed by atoms with van der Waals surface area (Å²) >= 11 is 0. The average molecular weight is 232 g/mol. The average Bonchev–Trinajstić information content (AvgIpc) is 2.08. The Morgan fingerprint density at radius 1 is 1.38 bits per heavy atom. The van der Waals surface area contributed by atoms with E-state index in [9.17, 15) is 9.59 Å². The molecule has 0 saturated heterocycles. The molecule has 0 fully saturated rings. The highest BCUT2D eigenvalue weighted by molar-refractivity contribution is 5.74. The van der Waals surface area contributed by atoms with E-state index in [0.29, 0.717) is 12.8 Å². The molecule has 0 aromatic carbocycles. The lowest BCUT2D eigenvalue weighted by Crippen LogP contribution is -2.49. The zero-order chi connectivity index (χ0) is 12.8. The number of carboxylic acids is 1. The Morgan fingerprint density at radius 3 is 2.31 bits per heavy atom. The Morgan fingerprint density at radius 2 is 1.94 bits per heavy atom. The molecule has 0 aromatic heterocycles. The summed E-state index contributed by atoms with van der Waals surface area (Å²) in [5.41, 5.74) is 4.03. The maximum Gasteiger partial charge on any atom is 0.422 e. The van der Waals surface area contributed by atoms with Gasteiger partial charge in [-0.1, -0.05) is 13.3 Å². The fourth-order valence-corrected chi connectivity index (χ4v) is 0.996. The first-order valence-electron chi connectivity index (χ1n) is 5.23. The molecule has 6 heteroatoms. The summed E-state index contributed by atoms with van der Waals surface area (Å²) in [6, 6.07) is -0.794. The predicted octanol–water partition coefficient (Wildman–Crippen LogP) is 1.27. The van der Waals surface area contributed by atoms with Crippen LogP contribution in [0.4, 0.5) is 4.79 Å². The number of hydrogen-bond acceptors (Lipinski definition) is 4. The summed E-state index contributed by atoms with van der Waals surface area (Å²) in [5.74, 6) is -1.00. The number of hydrazine groups is 1. The van der Waals surface area contributed by atoms with E-state index >= 15 is 0 Å². The number of carbonyl (C=O) groups is 2. The quantitative estimate of drug-likeness (QED) is 0.621. The second kappa shape index (κ2) is 6.32. The van der Waals surface area contributed by atoms with E-state index in [0.717, 1.165) is 0 Å².